The van der Waals surface area contributed by atoms with E-state index in [0.29, 0.717) is 12.1 Å². The van der Waals surface area contributed by atoms with E-state index in [2.05, 4.69) is 10.6 Å². The van der Waals surface area contributed by atoms with E-state index in [1.165, 1.54) is 12.1 Å². The highest BCUT2D eigenvalue weighted by molar-refractivity contribution is 7.92. The maximum Gasteiger partial charge on any atom is 0.251 e. The third kappa shape index (κ3) is 4.31. The second-order valence-corrected chi connectivity index (χ2v) is 7.34. The highest BCUT2D eigenvalue weighted by Gasteiger charge is 2.19. The van der Waals surface area contributed by atoms with Gasteiger partial charge in [0.1, 0.15) is 0 Å². The lowest BCUT2D eigenvalue weighted by Gasteiger charge is -2.09. The molecule has 0 spiro atoms. The van der Waals surface area contributed by atoms with Crippen molar-refractivity contribution in [1.82, 2.24) is 10.6 Å². The van der Waals surface area contributed by atoms with Crippen molar-refractivity contribution >= 4 is 15.7 Å². The Morgan fingerprint density at radius 3 is 2.25 bits per heavy atom. The third-order valence-corrected chi connectivity index (χ3v) is 5.13. The van der Waals surface area contributed by atoms with E-state index < -0.39 is 15.1 Å². The molecular formula is C14H22N2O3S. The molecule has 0 bridgehead atoms. The maximum atomic E-state index is 11.9. The van der Waals surface area contributed by atoms with Gasteiger partial charge in [0.2, 0.25) is 0 Å². The molecule has 20 heavy (non-hydrogen) atoms. The van der Waals surface area contributed by atoms with Crippen LogP contribution in [0.4, 0.5) is 0 Å². The molecule has 0 heterocycles. The Morgan fingerprint density at radius 1 is 1.15 bits per heavy atom. The van der Waals surface area contributed by atoms with E-state index in [9.17, 15) is 13.2 Å². The van der Waals surface area contributed by atoms with Gasteiger partial charge in [0.25, 0.3) is 5.91 Å². The van der Waals surface area contributed by atoms with Crippen LogP contribution in [0.3, 0.4) is 0 Å². The van der Waals surface area contributed by atoms with Crippen molar-refractivity contribution in [2.75, 3.05) is 20.1 Å². The van der Waals surface area contributed by atoms with Gasteiger partial charge in [0, 0.05) is 12.1 Å². The summed E-state index contributed by atoms with van der Waals surface area (Å²) in [6.07, 6.45) is 0.849. The highest BCUT2D eigenvalue weighted by Crippen LogP contribution is 2.16. The number of sulfone groups is 1. The van der Waals surface area contributed by atoms with Crippen molar-refractivity contribution in [2.45, 2.75) is 30.4 Å². The molecule has 0 aliphatic carbocycles. The van der Waals surface area contributed by atoms with E-state index in [1.54, 1.807) is 26.0 Å². The Morgan fingerprint density at radius 2 is 1.75 bits per heavy atom. The van der Waals surface area contributed by atoms with Gasteiger partial charge in [0.15, 0.2) is 9.84 Å². The number of carbonyl (C=O) groups is 1. The lowest BCUT2D eigenvalue weighted by Crippen LogP contribution is -2.26. The minimum atomic E-state index is -3.28. The number of benzene rings is 1. The molecule has 0 radical (unpaired) electrons. The number of nitrogens with one attached hydrogen (secondary N) is 2. The monoisotopic (exact) mass is 298 g/mol. The van der Waals surface area contributed by atoms with Crippen molar-refractivity contribution in [1.29, 1.82) is 0 Å². The average molecular weight is 298 g/mol. The van der Waals surface area contributed by atoms with Gasteiger partial charge in [0.05, 0.1) is 10.1 Å². The Balaban J connectivity index is 2.69. The predicted octanol–water partition coefficient (Wildman–Crippen LogP) is 1.21. The topological polar surface area (TPSA) is 75.3 Å². The first-order valence-electron chi connectivity index (χ1n) is 6.66. The quantitative estimate of drug-likeness (QED) is 0.742. The molecule has 1 amide bonds. The first-order chi connectivity index (χ1) is 9.39. The zero-order valence-corrected chi connectivity index (χ0v) is 13.0. The van der Waals surface area contributed by atoms with Gasteiger partial charge < -0.3 is 10.6 Å². The average Bonchev–Trinajstić information content (AvgIpc) is 2.43. The minimum Gasteiger partial charge on any atom is -0.352 e. The largest absolute Gasteiger partial charge is 0.352 e. The van der Waals surface area contributed by atoms with Crippen molar-refractivity contribution in [3.05, 3.63) is 29.8 Å². The Hall–Kier alpha value is -1.40. The van der Waals surface area contributed by atoms with Crippen LogP contribution in [-0.2, 0) is 9.84 Å². The van der Waals surface area contributed by atoms with Gasteiger partial charge in [-0.2, -0.15) is 0 Å². The molecule has 0 atom stereocenters. The van der Waals surface area contributed by atoms with Crippen LogP contribution >= 0.6 is 0 Å². The normalized spacial score (nSPS) is 11.6. The summed E-state index contributed by atoms with van der Waals surface area (Å²) in [6, 6.07) is 6.06. The van der Waals surface area contributed by atoms with Crippen molar-refractivity contribution < 1.29 is 13.2 Å². The second kappa shape index (κ2) is 7.40. The van der Waals surface area contributed by atoms with Crippen LogP contribution in [0.1, 0.15) is 30.6 Å². The van der Waals surface area contributed by atoms with E-state index in [1.807, 2.05) is 7.05 Å². The molecule has 0 fully saturated rings. The molecular weight excluding hydrogens is 276 g/mol. The summed E-state index contributed by atoms with van der Waals surface area (Å²) >= 11 is 0. The standard InChI is InChI=1S/C14H22N2O3S/c1-11(2)20(18,19)13-7-5-12(6-8-13)14(17)16-10-4-9-15-3/h5-8,11,15H,4,9-10H2,1-3H3,(H,16,17). The molecule has 0 aromatic heterocycles. The molecule has 0 saturated carbocycles. The number of amides is 1. The van der Waals surface area contributed by atoms with Gasteiger partial charge in [-0.05, 0) is 58.1 Å². The lowest BCUT2D eigenvalue weighted by atomic mass is 10.2. The Labute approximate surface area is 120 Å². The van der Waals surface area contributed by atoms with Crippen LogP contribution in [-0.4, -0.2) is 39.7 Å². The fraction of sp³-hybridized carbons (Fsp3) is 0.500. The highest BCUT2D eigenvalue weighted by atomic mass is 32.2. The first kappa shape index (κ1) is 16.7. The first-order valence-corrected chi connectivity index (χ1v) is 8.21. The summed E-state index contributed by atoms with van der Waals surface area (Å²) in [5.74, 6) is -0.186. The van der Waals surface area contributed by atoms with Crippen LogP contribution in [0.5, 0.6) is 0 Å². The number of rotatable bonds is 7. The molecule has 1 rings (SSSR count). The fourth-order valence-corrected chi connectivity index (χ4v) is 2.70. The van der Waals surface area contributed by atoms with Crippen LogP contribution in [0, 0.1) is 0 Å². The van der Waals surface area contributed by atoms with Crippen molar-refractivity contribution in [2.24, 2.45) is 0 Å². The number of hydrogen-bond acceptors (Lipinski definition) is 4. The molecule has 112 valence electrons. The molecule has 2 N–H and O–H groups in total. The fourth-order valence-electron chi connectivity index (χ4n) is 1.64. The van der Waals surface area contributed by atoms with Crippen LogP contribution in [0.15, 0.2) is 29.2 Å². The van der Waals surface area contributed by atoms with E-state index >= 15 is 0 Å². The Bertz CT molecular complexity index is 536. The van der Waals surface area contributed by atoms with Crippen molar-refractivity contribution in [3.8, 4) is 0 Å². The van der Waals surface area contributed by atoms with Gasteiger partial charge >= 0.3 is 0 Å². The Kier molecular flexibility index (Phi) is 6.16. The summed E-state index contributed by atoms with van der Waals surface area (Å²) in [4.78, 5) is 12.1. The molecule has 0 unspecified atom stereocenters. The number of hydrogen-bond donors (Lipinski definition) is 2. The lowest BCUT2D eigenvalue weighted by molar-refractivity contribution is 0.0953. The van der Waals surface area contributed by atoms with E-state index in [4.69, 9.17) is 0 Å². The zero-order chi connectivity index (χ0) is 15.2. The third-order valence-electron chi connectivity index (χ3n) is 2.95. The maximum absolute atomic E-state index is 11.9. The van der Waals surface area contributed by atoms with Gasteiger partial charge in [-0.25, -0.2) is 8.42 Å². The molecule has 0 aliphatic rings. The second-order valence-electron chi connectivity index (χ2n) is 4.83. The molecule has 5 nitrogen and oxygen atoms in total. The van der Waals surface area contributed by atoms with Gasteiger partial charge in [-0.3, -0.25) is 4.79 Å². The molecule has 1 aromatic carbocycles. The summed E-state index contributed by atoms with van der Waals surface area (Å²) in [7, 11) is -1.43. The summed E-state index contributed by atoms with van der Waals surface area (Å²) in [6.45, 7) is 4.70. The van der Waals surface area contributed by atoms with E-state index in [0.717, 1.165) is 13.0 Å². The van der Waals surface area contributed by atoms with Gasteiger partial charge in [-0.1, -0.05) is 0 Å². The zero-order valence-electron chi connectivity index (χ0n) is 12.1. The molecule has 0 saturated heterocycles. The van der Waals surface area contributed by atoms with Gasteiger partial charge in [-0.15, -0.1) is 0 Å². The summed E-state index contributed by atoms with van der Waals surface area (Å²) in [5, 5.41) is 5.32. The minimum absolute atomic E-state index is 0.186. The molecule has 6 heteroatoms. The van der Waals surface area contributed by atoms with Crippen LogP contribution in [0.2, 0.25) is 0 Å². The van der Waals surface area contributed by atoms with Crippen LogP contribution < -0.4 is 10.6 Å². The van der Waals surface area contributed by atoms with E-state index in [-0.39, 0.29) is 10.8 Å². The SMILES string of the molecule is CNCCCNC(=O)c1ccc(S(=O)(=O)C(C)C)cc1. The smallest absolute Gasteiger partial charge is 0.251 e. The number of carbonyl (C=O) groups excluding carboxylic acids is 1. The summed E-state index contributed by atoms with van der Waals surface area (Å²) in [5.41, 5.74) is 0.470. The molecule has 0 aliphatic heterocycles. The summed E-state index contributed by atoms with van der Waals surface area (Å²) < 4.78 is 23.9. The molecule has 1 aromatic rings. The predicted molar refractivity (Wildman–Crippen MR) is 79.6 cm³/mol. The van der Waals surface area contributed by atoms with Crippen molar-refractivity contribution in [3.63, 3.8) is 0 Å². The van der Waals surface area contributed by atoms with Crippen LogP contribution in [0.25, 0.3) is 0 Å².